The molecule has 7 nitrogen and oxygen atoms in total. The summed E-state index contributed by atoms with van der Waals surface area (Å²) in [5.41, 5.74) is 3.46. The number of carbonyl (C=O) groups is 1. The van der Waals surface area contributed by atoms with E-state index in [1.807, 2.05) is 48.7 Å². The van der Waals surface area contributed by atoms with Crippen molar-refractivity contribution in [3.8, 4) is 0 Å². The standard InChI is InChI=1S/C21H25N3O4S/c1-15-5-4-6-17(11-15)14-23-19(12-18-7-10-28-21(18)23)20(25)22-8-9-24(16(2)13-22)29(3,26)27/h4-7,10-12,16H,8-9,13-14H2,1-3H3. The Balaban J connectivity index is 1.64. The van der Waals surface area contributed by atoms with Gasteiger partial charge in [-0.1, -0.05) is 29.8 Å². The van der Waals surface area contributed by atoms with E-state index in [0.29, 0.717) is 37.6 Å². The van der Waals surface area contributed by atoms with Gasteiger partial charge in [-0.25, -0.2) is 8.42 Å². The summed E-state index contributed by atoms with van der Waals surface area (Å²) in [5, 5.41) is 0.879. The van der Waals surface area contributed by atoms with Gasteiger partial charge in [0.2, 0.25) is 15.7 Å². The molecule has 0 aliphatic carbocycles. The summed E-state index contributed by atoms with van der Waals surface area (Å²) < 4.78 is 32.8. The van der Waals surface area contributed by atoms with E-state index in [2.05, 4.69) is 6.07 Å². The summed E-state index contributed by atoms with van der Waals surface area (Å²) in [6.45, 7) is 5.43. The number of nitrogens with zero attached hydrogens (tertiary/aromatic N) is 3. The number of fused-ring (bicyclic) bond motifs is 1. The Hall–Kier alpha value is -2.58. The minimum atomic E-state index is -3.28. The van der Waals surface area contributed by atoms with E-state index in [1.54, 1.807) is 11.2 Å². The highest BCUT2D eigenvalue weighted by atomic mass is 32.2. The average molecular weight is 416 g/mol. The third-order valence-electron chi connectivity index (χ3n) is 5.42. The molecule has 3 aromatic rings. The smallest absolute Gasteiger partial charge is 0.270 e. The Bertz CT molecular complexity index is 1160. The van der Waals surface area contributed by atoms with Crippen molar-refractivity contribution in [3.63, 3.8) is 0 Å². The monoisotopic (exact) mass is 415 g/mol. The number of hydrogen-bond acceptors (Lipinski definition) is 4. The Morgan fingerprint density at radius 3 is 2.69 bits per heavy atom. The molecule has 29 heavy (non-hydrogen) atoms. The second-order valence-electron chi connectivity index (χ2n) is 7.76. The van der Waals surface area contributed by atoms with Gasteiger partial charge in [0.1, 0.15) is 5.69 Å². The number of hydrogen-bond donors (Lipinski definition) is 0. The van der Waals surface area contributed by atoms with Gasteiger partial charge in [0.05, 0.1) is 19.1 Å². The van der Waals surface area contributed by atoms with Crippen molar-refractivity contribution in [1.29, 1.82) is 0 Å². The molecule has 154 valence electrons. The minimum absolute atomic E-state index is 0.107. The molecule has 3 heterocycles. The summed E-state index contributed by atoms with van der Waals surface area (Å²) in [6.07, 6.45) is 2.83. The summed E-state index contributed by atoms with van der Waals surface area (Å²) >= 11 is 0. The molecule has 1 aliphatic heterocycles. The van der Waals surface area contributed by atoms with Crippen molar-refractivity contribution in [2.24, 2.45) is 0 Å². The summed E-state index contributed by atoms with van der Waals surface area (Å²) in [6, 6.07) is 11.6. The fourth-order valence-corrected chi connectivity index (χ4v) is 5.22. The van der Waals surface area contributed by atoms with Gasteiger partial charge in [0.25, 0.3) is 5.91 Å². The summed E-state index contributed by atoms with van der Waals surface area (Å²) in [7, 11) is -3.28. The van der Waals surface area contributed by atoms with Crippen molar-refractivity contribution in [2.45, 2.75) is 26.4 Å². The second-order valence-corrected chi connectivity index (χ2v) is 9.69. The van der Waals surface area contributed by atoms with Crippen LogP contribution in [-0.2, 0) is 16.6 Å². The van der Waals surface area contributed by atoms with E-state index in [4.69, 9.17) is 4.42 Å². The third-order valence-corrected chi connectivity index (χ3v) is 6.82. The average Bonchev–Trinajstić information content (AvgIpc) is 3.23. The van der Waals surface area contributed by atoms with Gasteiger partial charge in [-0.3, -0.25) is 4.79 Å². The van der Waals surface area contributed by atoms with E-state index in [-0.39, 0.29) is 11.9 Å². The van der Waals surface area contributed by atoms with Crippen LogP contribution in [0, 0.1) is 6.92 Å². The van der Waals surface area contributed by atoms with Crippen LogP contribution in [0.3, 0.4) is 0 Å². The Morgan fingerprint density at radius 1 is 1.21 bits per heavy atom. The number of amides is 1. The van der Waals surface area contributed by atoms with Gasteiger partial charge < -0.3 is 13.9 Å². The number of aromatic nitrogens is 1. The van der Waals surface area contributed by atoms with Crippen molar-refractivity contribution in [3.05, 3.63) is 59.5 Å². The van der Waals surface area contributed by atoms with Crippen molar-refractivity contribution >= 4 is 27.0 Å². The van der Waals surface area contributed by atoms with Gasteiger partial charge in [-0.2, -0.15) is 4.31 Å². The maximum Gasteiger partial charge on any atom is 0.270 e. The van der Waals surface area contributed by atoms with Crippen LogP contribution in [0.4, 0.5) is 0 Å². The number of furan rings is 1. The molecule has 0 radical (unpaired) electrons. The SMILES string of the molecule is Cc1cccc(Cn2c(C(=O)N3CCN(S(C)(=O)=O)C(C)C3)cc3ccoc32)c1. The summed E-state index contributed by atoms with van der Waals surface area (Å²) in [5.74, 6) is -0.107. The predicted molar refractivity (Wildman–Crippen MR) is 111 cm³/mol. The number of piperazine rings is 1. The molecule has 1 aliphatic rings. The van der Waals surface area contributed by atoms with E-state index >= 15 is 0 Å². The largest absolute Gasteiger partial charge is 0.448 e. The number of carbonyl (C=O) groups excluding carboxylic acids is 1. The number of sulfonamides is 1. The predicted octanol–water partition coefficient (Wildman–Crippen LogP) is 2.70. The van der Waals surface area contributed by atoms with Gasteiger partial charge in [0.15, 0.2) is 0 Å². The molecule has 1 aromatic carbocycles. The van der Waals surface area contributed by atoms with Gasteiger partial charge >= 0.3 is 0 Å². The van der Waals surface area contributed by atoms with Crippen LogP contribution < -0.4 is 0 Å². The first-order valence-electron chi connectivity index (χ1n) is 9.62. The van der Waals surface area contributed by atoms with Crippen molar-refractivity contribution in [1.82, 2.24) is 13.8 Å². The zero-order chi connectivity index (χ0) is 20.8. The van der Waals surface area contributed by atoms with E-state index in [1.165, 1.54) is 10.6 Å². The highest BCUT2D eigenvalue weighted by Gasteiger charge is 2.33. The fraction of sp³-hybridized carbons (Fsp3) is 0.381. The molecule has 0 bridgehead atoms. The Morgan fingerprint density at radius 2 is 2.00 bits per heavy atom. The van der Waals surface area contributed by atoms with Crippen LogP contribution in [0.2, 0.25) is 0 Å². The molecule has 8 heteroatoms. The van der Waals surface area contributed by atoms with Crippen molar-refractivity contribution in [2.75, 3.05) is 25.9 Å². The van der Waals surface area contributed by atoms with Gasteiger partial charge in [-0.05, 0) is 31.5 Å². The van der Waals surface area contributed by atoms with Crippen LogP contribution in [0.1, 0.15) is 28.5 Å². The van der Waals surface area contributed by atoms with E-state index in [0.717, 1.165) is 16.5 Å². The molecular formula is C21H25N3O4S. The van der Waals surface area contributed by atoms with Crippen LogP contribution in [0.25, 0.3) is 11.1 Å². The maximum absolute atomic E-state index is 13.3. The lowest BCUT2D eigenvalue weighted by molar-refractivity contribution is 0.0632. The molecule has 1 unspecified atom stereocenters. The number of aryl methyl sites for hydroxylation is 1. The third kappa shape index (κ3) is 3.82. The molecule has 1 amide bonds. The molecule has 1 fully saturated rings. The lowest BCUT2D eigenvalue weighted by Crippen LogP contribution is -2.55. The van der Waals surface area contributed by atoms with Crippen LogP contribution in [-0.4, -0.2) is 60.0 Å². The van der Waals surface area contributed by atoms with Crippen LogP contribution >= 0.6 is 0 Å². The lowest BCUT2D eigenvalue weighted by atomic mass is 10.1. The Kier molecular flexibility index (Phi) is 5.00. The van der Waals surface area contributed by atoms with Crippen LogP contribution in [0.5, 0.6) is 0 Å². The Labute approximate surface area is 170 Å². The van der Waals surface area contributed by atoms with E-state index in [9.17, 15) is 13.2 Å². The molecule has 0 spiro atoms. The van der Waals surface area contributed by atoms with E-state index < -0.39 is 10.0 Å². The maximum atomic E-state index is 13.3. The topological polar surface area (TPSA) is 75.8 Å². The fourth-order valence-electron chi connectivity index (χ4n) is 4.08. The number of benzene rings is 1. The van der Waals surface area contributed by atoms with Gasteiger partial charge in [0, 0.05) is 31.1 Å². The number of rotatable bonds is 4. The first-order valence-corrected chi connectivity index (χ1v) is 11.5. The van der Waals surface area contributed by atoms with Gasteiger partial charge in [-0.15, -0.1) is 0 Å². The molecule has 0 N–H and O–H groups in total. The quantitative estimate of drug-likeness (QED) is 0.657. The highest BCUT2D eigenvalue weighted by Crippen LogP contribution is 2.25. The first kappa shape index (κ1) is 19.7. The highest BCUT2D eigenvalue weighted by molar-refractivity contribution is 7.88. The minimum Gasteiger partial charge on any atom is -0.448 e. The lowest BCUT2D eigenvalue weighted by Gasteiger charge is -2.38. The van der Waals surface area contributed by atoms with Crippen molar-refractivity contribution < 1.29 is 17.6 Å². The molecular weight excluding hydrogens is 390 g/mol. The summed E-state index contributed by atoms with van der Waals surface area (Å²) in [4.78, 5) is 15.1. The zero-order valence-corrected chi connectivity index (χ0v) is 17.6. The molecule has 1 atom stereocenters. The van der Waals surface area contributed by atoms with Crippen LogP contribution in [0.15, 0.2) is 47.1 Å². The zero-order valence-electron chi connectivity index (χ0n) is 16.8. The molecule has 1 saturated heterocycles. The first-order chi connectivity index (χ1) is 13.7. The second kappa shape index (κ2) is 7.35. The normalized spacial score (nSPS) is 18.4. The molecule has 0 saturated carbocycles. The molecule has 4 rings (SSSR count). The molecule has 2 aromatic heterocycles.